The van der Waals surface area contributed by atoms with Gasteiger partial charge in [0, 0.05) is 6.04 Å². The van der Waals surface area contributed by atoms with Crippen LogP contribution in [0.15, 0.2) is 0 Å². The Kier molecular flexibility index (Phi) is 4.33. The maximum Gasteiger partial charge on any atom is 0.00672 e. The Morgan fingerprint density at radius 3 is 2.00 bits per heavy atom. The molecule has 0 bridgehead atoms. The van der Waals surface area contributed by atoms with Gasteiger partial charge in [-0.15, -0.1) is 0 Å². The Morgan fingerprint density at radius 1 is 0.900 bits per heavy atom. The molecule has 1 N–H and O–H groups in total. The zero-order chi connectivity index (χ0) is 15.2. The van der Waals surface area contributed by atoms with Crippen molar-refractivity contribution < 1.29 is 0 Å². The lowest BCUT2D eigenvalue weighted by molar-refractivity contribution is 0.213. The largest absolute Gasteiger partial charge is 0.314 e. The topological polar surface area (TPSA) is 12.0 Å². The smallest absolute Gasteiger partial charge is 0.00672 e. The molecule has 0 heterocycles. The van der Waals surface area contributed by atoms with Crippen LogP contribution < -0.4 is 5.32 Å². The number of hydrogen-bond donors (Lipinski definition) is 1. The van der Waals surface area contributed by atoms with Crippen molar-refractivity contribution in [2.45, 2.75) is 86.6 Å². The molecule has 0 amide bonds. The Hall–Kier alpha value is -0.0400. The van der Waals surface area contributed by atoms with Crippen LogP contribution in [0.1, 0.15) is 80.6 Å². The van der Waals surface area contributed by atoms with E-state index in [1.807, 2.05) is 0 Å². The van der Waals surface area contributed by atoms with E-state index in [0.717, 1.165) is 17.9 Å². The minimum absolute atomic E-state index is 0.495. The van der Waals surface area contributed by atoms with Crippen molar-refractivity contribution in [3.05, 3.63) is 0 Å². The summed E-state index contributed by atoms with van der Waals surface area (Å²) in [4.78, 5) is 0. The molecular formula is C19H37N. The predicted octanol–water partition coefficient (Wildman–Crippen LogP) is 5.25. The maximum absolute atomic E-state index is 3.91. The summed E-state index contributed by atoms with van der Waals surface area (Å²) in [6, 6.07) is 0.773. The second kappa shape index (κ2) is 5.30. The lowest BCUT2D eigenvalue weighted by Gasteiger charge is -2.29. The van der Waals surface area contributed by atoms with E-state index in [-0.39, 0.29) is 0 Å². The highest BCUT2D eigenvalue weighted by molar-refractivity contribution is 5.13. The summed E-state index contributed by atoms with van der Waals surface area (Å²) >= 11 is 0. The summed E-state index contributed by atoms with van der Waals surface area (Å²) in [5, 5.41) is 3.91. The molecule has 0 saturated heterocycles. The summed E-state index contributed by atoms with van der Waals surface area (Å²) in [5.74, 6) is 1.78. The van der Waals surface area contributed by atoms with Crippen LogP contribution in [0.5, 0.6) is 0 Å². The molecule has 0 aromatic rings. The molecule has 20 heavy (non-hydrogen) atoms. The molecule has 0 aromatic carbocycles. The van der Waals surface area contributed by atoms with Crippen LogP contribution in [-0.4, -0.2) is 12.6 Å². The molecular weight excluding hydrogens is 242 g/mol. The molecule has 2 saturated carbocycles. The summed E-state index contributed by atoms with van der Waals surface area (Å²) in [6.45, 7) is 18.2. The lowest BCUT2D eigenvalue weighted by atomic mass is 9.76. The fourth-order valence-corrected chi connectivity index (χ4v) is 4.50. The van der Waals surface area contributed by atoms with Crippen molar-refractivity contribution in [3.63, 3.8) is 0 Å². The molecule has 2 unspecified atom stereocenters. The summed E-state index contributed by atoms with van der Waals surface area (Å²) in [6.07, 6.45) is 7.04. The minimum Gasteiger partial charge on any atom is -0.314 e. The van der Waals surface area contributed by atoms with Gasteiger partial charge in [0.15, 0.2) is 0 Å². The quantitative estimate of drug-likeness (QED) is 0.695. The van der Waals surface area contributed by atoms with E-state index >= 15 is 0 Å². The van der Waals surface area contributed by atoms with E-state index in [1.54, 1.807) is 0 Å². The standard InChI is InChI=1S/C19H37N/c1-17(2,3)14-9-8-10-15(12-11-14)20-13-16-18(4,5)19(16,6)7/h14-16,20H,8-13H2,1-7H3. The van der Waals surface area contributed by atoms with Gasteiger partial charge in [0.2, 0.25) is 0 Å². The van der Waals surface area contributed by atoms with Crippen molar-refractivity contribution in [2.75, 3.05) is 6.54 Å². The molecule has 2 aliphatic rings. The third-order valence-electron chi connectivity index (χ3n) is 7.12. The second-order valence-electron chi connectivity index (χ2n) is 9.67. The van der Waals surface area contributed by atoms with Crippen LogP contribution in [0.3, 0.4) is 0 Å². The highest BCUT2D eigenvalue weighted by atomic mass is 14.9. The van der Waals surface area contributed by atoms with Crippen molar-refractivity contribution in [2.24, 2.45) is 28.1 Å². The summed E-state index contributed by atoms with van der Waals surface area (Å²) in [5.41, 5.74) is 1.55. The number of hydrogen-bond acceptors (Lipinski definition) is 1. The van der Waals surface area contributed by atoms with Crippen molar-refractivity contribution in [1.82, 2.24) is 5.32 Å². The van der Waals surface area contributed by atoms with Gasteiger partial charge in [0.25, 0.3) is 0 Å². The Morgan fingerprint density at radius 2 is 1.50 bits per heavy atom. The molecule has 0 aromatic heterocycles. The molecule has 2 rings (SSSR count). The van der Waals surface area contributed by atoms with Gasteiger partial charge in [-0.3, -0.25) is 0 Å². The molecule has 1 heteroatoms. The minimum atomic E-state index is 0.495. The average Bonchev–Trinajstić information content (AvgIpc) is 2.81. The fraction of sp³-hybridized carbons (Fsp3) is 1.00. The summed E-state index contributed by atoms with van der Waals surface area (Å²) < 4.78 is 0. The number of nitrogens with one attached hydrogen (secondary N) is 1. The van der Waals surface area contributed by atoms with Gasteiger partial charge in [-0.2, -0.15) is 0 Å². The van der Waals surface area contributed by atoms with Crippen LogP contribution in [0, 0.1) is 28.1 Å². The van der Waals surface area contributed by atoms with Gasteiger partial charge in [-0.1, -0.05) is 54.9 Å². The van der Waals surface area contributed by atoms with Crippen LogP contribution >= 0.6 is 0 Å². The average molecular weight is 280 g/mol. The van der Waals surface area contributed by atoms with Crippen LogP contribution in [0.2, 0.25) is 0 Å². The van der Waals surface area contributed by atoms with E-state index in [9.17, 15) is 0 Å². The predicted molar refractivity (Wildman–Crippen MR) is 88.9 cm³/mol. The SMILES string of the molecule is CC(C)(C)C1CCCC(NCC2C(C)(C)C2(C)C)CC1. The first kappa shape index (κ1) is 16.3. The van der Waals surface area contributed by atoms with Crippen molar-refractivity contribution >= 4 is 0 Å². The zero-order valence-corrected chi connectivity index (χ0v) is 15.0. The van der Waals surface area contributed by atoms with Gasteiger partial charge < -0.3 is 5.32 Å². The van der Waals surface area contributed by atoms with E-state index in [1.165, 1.54) is 38.6 Å². The highest BCUT2D eigenvalue weighted by Crippen LogP contribution is 2.67. The maximum atomic E-state index is 3.91. The van der Waals surface area contributed by atoms with Gasteiger partial charge in [-0.05, 0) is 60.3 Å². The van der Waals surface area contributed by atoms with Crippen molar-refractivity contribution in [1.29, 1.82) is 0 Å². The third kappa shape index (κ3) is 3.08. The van der Waals surface area contributed by atoms with E-state index in [0.29, 0.717) is 16.2 Å². The Bertz CT molecular complexity index is 320. The van der Waals surface area contributed by atoms with Gasteiger partial charge in [-0.25, -0.2) is 0 Å². The van der Waals surface area contributed by atoms with Crippen LogP contribution in [0.25, 0.3) is 0 Å². The molecule has 0 spiro atoms. The first-order valence-electron chi connectivity index (χ1n) is 8.80. The third-order valence-corrected chi connectivity index (χ3v) is 7.12. The van der Waals surface area contributed by atoms with E-state index < -0.39 is 0 Å². The Labute approximate surface area is 127 Å². The second-order valence-corrected chi connectivity index (χ2v) is 9.67. The number of rotatable bonds is 3. The molecule has 0 aliphatic heterocycles. The van der Waals surface area contributed by atoms with Crippen molar-refractivity contribution in [3.8, 4) is 0 Å². The van der Waals surface area contributed by atoms with Gasteiger partial charge in [0.05, 0.1) is 0 Å². The zero-order valence-electron chi connectivity index (χ0n) is 15.0. The molecule has 2 fully saturated rings. The highest BCUT2D eigenvalue weighted by Gasteiger charge is 2.63. The monoisotopic (exact) mass is 279 g/mol. The molecule has 1 nitrogen and oxygen atoms in total. The normalized spacial score (nSPS) is 33.8. The first-order chi connectivity index (χ1) is 9.07. The Balaban J connectivity index is 1.79. The van der Waals surface area contributed by atoms with Gasteiger partial charge >= 0.3 is 0 Å². The molecule has 2 atom stereocenters. The van der Waals surface area contributed by atoms with E-state index in [4.69, 9.17) is 0 Å². The van der Waals surface area contributed by atoms with Gasteiger partial charge in [0.1, 0.15) is 0 Å². The van der Waals surface area contributed by atoms with Crippen LogP contribution in [0.4, 0.5) is 0 Å². The molecule has 2 aliphatic carbocycles. The summed E-state index contributed by atoms with van der Waals surface area (Å²) in [7, 11) is 0. The lowest BCUT2D eigenvalue weighted by Crippen LogP contribution is -2.31. The van der Waals surface area contributed by atoms with E-state index in [2.05, 4.69) is 53.8 Å². The van der Waals surface area contributed by atoms with Crippen LogP contribution in [-0.2, 0) is 0 Å². The molecule has 118 valence electrons. The first-order valence-corrected chi connectivity index (χ1v) is 8.80. The molecule has 0 radical (unpaired) electrons. The fourth-order valence-electron chi connectivity index (χ4n) is 4.50.